The Morgan fingerprint density at radius 3 is 2.62 bits per heavy atom. The molecule has 2 heterocycles. The summed E-state index contributed by atoms with van der Waals surface area (Å²) in [5.74, 6) is -1.02. The highest BCUT2D eigenvalue weighted by Gasteiger charge is 2.08. The molecule has 0 spiro atoms. The van der Waals surface area contributed by atoms with E-state index < -0.39 is 5.97 Å². The number of aromatic nitrogens is 3. The fourth-order valence-corrected chi connectivity index (χ4v) is 1.56. The molecule has 0 amide bonds. The van der Waals surface area contributed by atoms with Crippen molar-refractivity contribution in [2.45, 2.75) is 6.92 Å². The molecular formula is C11H11N3O2. The molecule has 0 atom stereocenters. The monoisotopic (exact) mass is 217 g/mol. The van der Waals surface area contributed by atoms with Crippen molar-refractivity contribution in [2.24, 2.45) is 7.05 Å². The average molecular weight is 217 g/mol. The Morgan fingerprint density at radius 1 is 1.44 bits per heavy atom. The van der Waals surface area contributed by atoms with Gasteiger partial charge in [0.05, 0.1) is 5.69 Å². The van der Waals surface area contributed by atoms with Gasteiger partial charge in [0.2, 0.25) is 0 Å². The lowest BCUT2D eigenvalue weighted by atomic mass is 10.1. The predicted molar refractivity (Wildman–Crippen MR) is 58.1 cm³/mol. The zero-order chi connectivity index (χ0) is 11.7. The van der Waals surface area contributed by atoms with Crippen LogP contribution in [-0.4, -0.2) is 25.8 Å². The molecule has 0 bridgehead atoms. The normalized spacial score (nSPS) is 10.4. The van der Waals surface area contributed by atoms with Crippen LogP contribution in [0.15, 0.2) is 24.5 Å². The maximum absolute atomic E-state index is 10.6. The van der Waals surface area contributed by atoms with E-state index >= 15 is 0 Å². The Labute approximate surface area is 92.4 Å². The molecule has 0 saturated heterocycles. The number of rotatable bonds is 2. The second-order valence-corrected chi connectivity index (χ2v) is 3.54. The number of carboxylic acids is 1. The maximum atomic E-state index is 10.6. The second kappa shape index (κ2) is 3.77. The lowest BCUT2D eigenvalue weighted by Gasteiger charge is -1.98. The molecule has 0 radical (unpaired) electrons. The molecule has 1 N–H and O–H groups in total. The Bertz CT molecular complexity index is 529. The Kier molecular flexibility index (Phi) is 2.44. The molecule has 82 valence electrons. The van der Waals surface area contributed by atoms with Gasteiger partial charge in [-0.2, -0.15) is 5.10 Å². The highest BCUT2D eigenvalue weighted by molar-refractivity contribution is 5.85. The topological polar surface area (TPSA) is 68.0 Å². The summed E-state index contributed by atoms with van der Waals surface area (Å²) in [5, 5.41) is 12.9. The summed E-state index contributed by atoms with van der Waals surface area (Å²) in [6.45, 7) is 1.90. The summed E-state index contributed by atoms with van der Waals surface area (Å²) in [4.78, 5) is 14.5. The van der Waals surface area contributed by atoms with Crippen LogP contribution in [0.4, 0.5) is 0 Å². The minimum atomic E-state index is -1.02. The highest BCUT2D eigenvalue weighted by Crippen LogP contribution is 2.21. The van der Waals surface area contributed by atoms with Crippen LogP contribution in [0, 0.1) is 6.92 Å². The third-order valence-electron chi connectivity index (χ3n) is 2.31. The summed E-state index contributed by atoms with van der Waals surface area (Å²) in [6.07, 6.45) is 3.43. The first-order valence-electron chi connectivity index (χ1n) is 4.78. The zero-order valence-corrected chi connectivity index (χ0v) is 9.01. The Hall–Kier alpha value is -2.17. The van der Waals surface area contributed by atoms with Crippen LogP contribution < -0.4 is 0 Å². The first-order chi connectivity index (χ1) is 7.58. The molecule has 5 nitrogen and oxygen atoms in total. The third-order valence-corrected chi connectivity index (χ3v) is 2.31. The number of hydrogen-bond acceptors (Lipinski definition) is 3. The minimum Gasteiger partial charge on any atom is -0.477 e. The number of nitrogens with zero attached hydrogens (tertiary/aromatic N) is 3. The van der Waals surface area contributed by atoms with E-state index in [2.05, 4.69) is 10.1 Å². The number of aromatic carboxylic acids is 1. The standard InChI is InChI=1S/C11H11N3O2/c1-7-9(6-14(2)13-7)8-3-4-10(11(15)16)12-5-8/h3-6H,1-2H3,(H,15,16). The summed E-state index contributed by atoms with van der Waals surface area (Å²) >= 11 is 0. The first kappa shape index (κ1) is 10.4. The molecule has 2 rings (SSSR count). The van der Waals surface area contributed by atoms with E-state index in [0.29, 0.717) is 0 Å². The first-order valence-corrected chi connectivity index (χ1v) is 4.78. The van der Waals surface area contributed by atoms with Crippen LogP contribution in [-0.2, 0) is 7.05 Å². The molecule has 0 aliphatic carbocycles. The number of pyridine rings is 1. The van der Waals surface area contributed by atoms with Gasteiger partial charge in [0.1, 0.15) is 5.69 Å². The Morgan fingerprint density at radius 2 is 2.19 bits per heavy atom. The molecule has 0 unspecified atom stereocenters. The minimum absolute atomic E-state index is 0.0466. The van der Waals surface area contributed by atoms with Crippen LogP contribution in [0.25, 0.3) is 11.1 Å². The van der Waals surface area contributed by atoms with Gasteiger partial charge in [-0.25, -0.2) is 9.78 Å². The van der Waals surface area contributed by atoms with Crippen LogP contribution in [0.2, 0.25) is 0 Å². The summed E-state index contributed by atoms with van der Waals surface area (Å²) in [5.41, 5.74) is 2.78. The van der Waals surface area contributed by atoms with E-state index in [0.717, 1.165) is 16.8 Å². The molecule has 2 aromatic rings. The van der Waals surface area contributed by atoms with Crippen molar-refractivity contribution in [1.82, 2.24) is 14.8 Å². The lowest BCUT2D eigenvalue weighted by molar-refractivity contribution is 0.0690. The van der Waals surface area contributed by atoms with Crippen LogP contribution in [0.3, 0.4) is 0 Å². The largest absolute Gasteiger partial charge is 0.477 e. The lowest BCUT2D eigenvalue weighted by Crippen LogP contribution is -1.99. The zero-order valence-electron chi connectivity index (χ0n) is 9.01. The molecule has 2 aromatic heterocycles. The maximum Gasteiger partial charge on any atom is 0.354 e. The molecular weight excluding hydrogens is 206 g/mol. The molecule has 0 aliphatic heterocycles. The van der Waals surface area contributed by atoms with Gasteiger partial charge < -0.3 is 5.11 Å². The fourth-order valence-electron chi connectivity index (χ4n) is 1.56. The van der Waals surface area contributed by atoms with Gasteiger partial charge in [-0.05, 0) is 13.0 Å². The van der Waals surface area contributed by atoms with E-state index in [9.17, 15) is 4.79 Å². The fraction of sp³-hybridized carbons (Fsp3) is 0.182. The van der Waals surface area contributed by atoms with E-state index in [1.54, 1.807) is 16.9 Å². The quantitative estimate of drug-likeness (QED) is 0.827. The van der Waals surface area contributed by atoms with Crippen molar-refractivity contribution in [2.75, 3.05) is 0 Å². The van der Waals surface area contributed by atoms with Crippen molar-refractivity contribution in [3.8, 4) is 11.1 Å². The van der Waals surface area contributed by atoms with Crippen LogP contribution in [0.1, 0.15) is 16.2 Å². The molecule has 0 fully saturated rings. The molecule has 0 aromatic carbocycles. The van der Waals surface area contributed by atoms with Gasteiger partial charge in [-0.3, -0.25) is 4.68 Å². The van der Waals surface area contributed by atoms with Gasteiger partial charge in [0, 0.05) is 30.6 Å². The Balaban J connectivity index is 2.42. The van der Waals surface area contributed by atoms with E-state index in [1.165, 1.54) is 6.07 Å². The summed E-state index contributed by atoms with van der Waals surface area (Å²) < 4.78 is 1.72. The van der Waals surface area contributed by atoms with E-state index in [1.807, 2.05) is 20.2 Å². The van der Waals surface area contributed by atoms with Crippen molar-refractivity contribution in [3.63, 3.8) is 0 Å². The number of carboxylic acid groups (broad SMARTS) is 1. The SMILES string of the molecule is Cc1nn(C)cc1-c1ccc(C(=O)O)nc1. The van der Waals surface area contributed by atoms with Crippen LogP contribution >= 0.6 is 0 Å². The predicted octanol–water partition coefficient (Wildman–Crippen LogP) is 1.49. The van der Waals surface area contributed by atoms with Gasteiger partial charge in [0.15, 0.2) is 0 Å². The number of hydrogen-bond donors (Lipinski definition) is 1. The molecule has 16 heavy (non-hydrogen) atoms. The summed E-state index contributed by atoms with van der Waals surface area (Å²) in [6, 6.07) is 3.23. The average Bonchev–Trinajstić information content (AvgIpc) is 2.58. The summed E-state index contributed by atoms with van der Waals surface area (Å²) in [7, 11) is 1.84. The number of aryl methyl sites for hydroxylation is 2. The van der Waals surface area contributed by atoms with Crippen molar-refractivity contribution in [3.05, 3.63) is 35.9 Å². The third kappa shape index (κ3) is 1.79. The van der Waals surface area contributed by atoms with Gasteiger partial charge in [-0.1, -0.05) is 6.07 Å². The molecule has 0 aliphatic rings. The van der Waals surface area contributed by atoms with E-state index in [4.69, 9.17) is 5.11 Å². The molecule has 5 heteroatoms. The van der Waals surface area contributed by atoms with Gasteiger partial charge in [-0.15, -0.1) is 0 Å². The van der Waals surface area contributed by atoms with Gasteiger partial charge >= 0.3 is 5.97 Å². The number of carbonyl (C=O) groups is 1. The van der Waals surface area contributed by atoms with Crippen molar-refractivity contribution in [1.29, 1.82) is 0 Å². The highest BCUT2D eigenvalue weighted by atomic mass is 16.4. The van der Waals surface area contributed by atoms with Crippen molar-refractivity contribution >= 4 is 5.97 Å². The smallest absolute Gasteiger partial charge is 0.354 e. The van der Waals surface area contributed by atoms with Crippen LogP contribution in [0.5, 0.6) is 0 Å². The van der Waals surface area contributed by atoms with Gasteiger partial charge in [0.25, 0.3) is 0 Å². The van der Waals surface area contributed by atoms with Crippen molar-refractivity contribution < 1.29 is 9.90 Å². The van der Waals surface area contributed by atoms with E-state index in [-0.39, 0.29) is 5.69 Å². The molecule has 0 saturated carbocycles. The second-order valence-electron chi connectivity index (χ2n) is 3.54.